The number of halogens is 1. The standard InChI is InChI=1S/C16H16ClNO2/c1-20-15-7-5-12(6-8-15)10-16(19)18-11-13-3-2-4-14(17)9-13/h2-9H,10-11H2,1H3,(H,18,19). The van der Waals surface area contributed by atoms with Gasteiger partial charge in [-0.2, -0.15) is 0 Å². The summed E-state index contributed by atoms with van der Waals surface area (Å²) in [4.78, 5) is 11.8. The zero-order valence-electron chi connectivity index (χ0n) is 11.2. The van der Waals surface area contributed by atoms with Gasteiger partial charge in [0.1, 0.15) is 5.75 Å². The van der Waals surface area contributed by atoms with Gasteiger partial charge in [0.25, 0.3) is 0 Å². The Balaban J connectivity index is 1.85. The predicted molar refractivity (Wildman–Crippen MR) is 80.0 cm³/mol. The molecular formula is C16H16ClNO2. The van der Waals surface area contributed by atoms with Gasteiger partial charge in [0.05, 0.1) is 13.5 Å². The highest BCUT2D eigenvalue weighted by molar-refractivity contribution is 6.30. The van der Waals surface area contributed by atoms with E-state index in [4.69, 9.17) is 16.3 Å². The molecule has 20 heavy (non-hydrogen) atoms. The van der Waals surface area contributed by atoms with Crippen LogP contribution in [0.25, 0.3) is 0 Å². The lowest BCUT2D eigenvalue weighted by Gasteiger charge is -2.06. The van der Waals surface area contributed by atoms with Gasteiger partial charge in [-0.1, -0.05) is 35.9 Å². The number of benzene rings is 2. The summed E-state index contributed by atoms with van der Waals surface area (Å²) in [5.74, 6) is 0.767. The number of nitrogens with one attached hydrogen (secondary N) is 1. The molecule has 4 heteroatoms. The van der Waals surface area contributed by atoms with Crippen molar-refractivity contribution in [3.63, 3.8) is 0 Å². The predicted octanol–water partition coefficient (Wildman–Crippen LogP) is 3.21. The van der Waals surface area contributed by atoms with Gasteiger partial charge in [-0.05, 0) is 35.4 Å². The molecule has 2 aromatic rings. The van der Waals surface area contributed by atoms with Crippen molar-refractivity contribution in [3.05, 3.63) is 64.7 Å². The van der Waals surface area contributed by atoms with Crippen LogP contribution in [0.3, 0.4) is 0 Å². The summed E-state index contributed by atoms with van der Waals surface area (Å²) in [6.45, 7) is 0.482. The van der Waals surface area contributed by atoms with E-state index < -0.39 is 0 Å². The Morgan fingerprint density at radius 2 is 1.90 bits per heavy atom. The van der Waals surface area contributed by atoms with Crippen LogP contribution in [0.1, 0.15) is 11.1 Å². The third-order valence-corrected chi connectivity index (χ3v) is 3.14. The summed E-state index contributed by atoms with van der Waals surface area (Å²) in [5, 5.41) is 3.55. The fraction of sp³-hybridized carbons (Fsp3) is 0.188. The van der Waals surface area contributed by atoms with Crippen LogP contribution in [0.15, 0.2) is 48.5 Å². The van der Waals surface area contributed by atoms with Gasteiger partial charge in [-0.25, -0.2) is 0 Å². The third-order valence-electron chi connectivity index (χ3n) is 2.90. The minimum Gasteiger partial charge on any atom is -0.497 e. The van der Waals surface area contributed by atoms with Gasteiger partial charge < -0.3 is 10.1 Å². The maximum atomic E-state index is 11.8. The van der Waals surface area contributed by atoms with E-state index in [1.54, 1.807) is 7.11 Å². The average Bonchev–Trinajstić information content (AvgIpc) is 2.46. The molecule has 0 aliphatic rings. The van der Waals surface area contributed by atoms with Crippen LogP contribution >= 0.6 is 11.6 Å². The molecule has 0 unspecified atom stereocenters. The lowest BCUT2D eigenvalue weighted by Crippen LogP contribution is -2.24. The highest BCUT2D eigenvalue weighted by Crippen LogP contribution is 2.12. The summed E-state index contributed by atoms with van der Waals surface area (Å²) >= 11 is 5.89. The second-order valence-electron chi connectivity index (χ2n) is 4.43. The molecular weight excluding hydrogens is 274 g/mol. The summed E-state index contributed by atoms with van der Waals surface area (Å²) in [7, 11) is 1.62. The van der Waals surface area contributed by atoms with Gasteiger partial charge in [0.15, 0.2) is 0 Å². The summed E-state index contributed by atoms with van der Waals surface area (Å²) in [5.41, 5.74) is 1.94. The maximum absolute atomic E-state index is 11.8. The number of hydrogen-bond donors (Lipinski definition) is 1. The Kier molecular flexibility index (Phi) is 5.02. The molecule has 0 aliphatic heterocycles. The largest absolute Gasteiger partial charge is 0.497 e. The van der Waals surface area contributed by atoms with Gasteiger partial charge in [-0.15, -0.1) is 0 Å². The lowest BCUT2D eigenvalue weighted by molar-refractivity contribution is -0.120. The van der Waals surface area contributed by atoms with E-state index >= 15 is 0 Å². The quantitative estimate of drug-likeness (QED) is 0.918. The molecule has 1 amide bonds. The van der Waals surface area contributed by atoms with Gasteiger partial charge in [-0.3, -0.25) is 4.79 Å². The average molecular weight is 290 g/mol. The number of methoxy groups -OCH3 is 1. The molecule has 0 saturated heterocycles. The van der Waals surface area contributed by atoms with Crippen molar-refractivity contribution in [2.45, 2.75) is 13.0 Å². The van der Waals surface area contributed by atoms with Crippen LogP contribution < -0.4 is 10.1 Å². The first-order valence-electron chi connectivity index (χ1n) is 6.31. The van der Waals surface area contributed by atoms with E-state index in [9.17, 15) is 4.79 Å². The van der Waals surface area contributed by atoms with Crippen LogP contribution in [0.5, 0.6) is 5.75 Å². The Hall–Kier alpha value is -2.00. The molecule has 0 atom stereocenters. The second kappa shape index (κ2) is 6.96. The second-order valence-corrected chi connectivity index (χ2v) is 4.87. The fourth-order valence-corrected chi connectivity index (χ4v) is 2.05. The highest BCUT2D eigenvalue weighted by atomic mass is 35.5. The molecule has 0 aromatic heterocycles. The van der Waals surface area contributed by atoms with Crippen LogP contribution in [0.4, 0.5) is 0 Å². The zero-order valence-corrected chi connectivity index (χ0v) is 12.0. The van der Waals surface area contributed by atoms with E-state index in [1.807, 2.05) is 48.5 Å². The number of rotatable bonds is 5. The smallest absolute Gasteiger partial charge is 0.224 e. The van der Waals surface area contributed by atoms with Crippen molar-refractivity contribution in [1.82, 2.24) is 5.32 Å². The SMILES string of the molecule is COc1ccc(CC(=O)NCc2cccc(Cl)c2)cc1. The Morgan fingerprint density at radius 3 is 2.55 bits per heavy atom. The molecule has 0 radical (unpaired) electrons. The number of carbonyl (C=O) groups is 1. The topological polar surface area (TPSA) is 38.3 Å². The van der Waals surface area contributed by atoms with Crippen LogP contribution in [-0.2, 0) is 17.8 Å². The molecule has 0 saturated carbocycles. The first-order chi connectivity index (χ1) is 9.67. The Labute approximate surface area is 123 Å². The Bertz CT molecular complexity index is 581. The van der Waals surface area contributed by atoms with E-state index in [-0.39, 0.29) is 5.91 Å². The Morgan fingerprint density at radius 1 is 1.15 bits per heavy atom. The minimum atomic E-state index is -0.0184. The number of ether oxygens (including phenoxy) is 1. The molecule has 1 N–H and O–H groups in total. The molecule has 0 heterocycles. The fourth-order valence-electron chi connectivity index (χ4n) is 1.84. The highest BCUT2D eigenvalue weighted by Gasteiger charge is 2.04. The number of hydrogen-bond acceptors (Lipinski definition) is 2. The van der Waals surface area contributed by atoms with Crippen molar-refractivity contribution in [3.8, 4) is 5.75 Å². The zero-order chi connectivity index (χ0) is 14.4. The molecule has 0 bridgehead atoms. The normalized spacial score (nSPS) is 10.1. The number of amides is 1. The van der Waals surface area contributed by atoms with Gasteiger partial charge >= 0.3 is 0 Å². The van der Waals surface area contributed by atoms with Crippen LogP contribution in [-0.4, -0.2) is 13.0 Å². The molecule has 0 fully saturated rings. The van der Waals surface area contributed by atoms with E-state index in [2.05, 4.69) is 5.32 Å². The van der Waals surface area contributed by atoms with Gasteiger partial charge in [0, 0.05) is 11.6 Å². The molecule has 104 valence electrons. The minimum absolute atomic E-state index is 0.0184. The summed E-state index contributed by atoms with van der Waals surface area (Å²) < 4.78 is 5.08. The van der Waals surface area contributed by atoms with Crippen molar-refractivity contribution in [1.29, 1.82) is 0 Å². The van der Waals surface area contributed by atoms with Crippen molar-refractivity contribution >= 4 is 17.5 Å². The van der Waals surface area contributed by atoms with Gasteiger partial charge in [0.2, 0.25) is 5.91 Å². The van der Waals surface area contributed by atoms with Crippen molar-refractivity contribution in [2.75, 3.05) is 7.11 Å². The monoisotopic (exact) mass is 289 g/mol. The molecule has 2 rings (SSSR count). The van der Waals surface area contributed by atoms with Crippen molar-refractivity contribution in [2.24, 2.45) is 0 Å². The summed E-state index contributed by atoms with van der Waals surface area (Å²) in [6, 6.07) is 14.9. The van der Waals surface area contributed by atoms with E-state index in [1.165, 1.54) is 0 Å². The summed E-state index contributed by atoms with van der Waals surface area (Å²) in [6.07, 6.45) is 0.352. The first-order valence-corrected chi connectivity index (χ1v) is 6.69. The number of carbonyl (C=O) groups excluding carboxylic acids is 1. The molecule has 3 nitrogen and oxygen atoms in total. The van der Waals surface area contributed by atoms with E-state index in [0.717, 1.165) is 16.9 Å². The van der Waals surface area contributed by atoms with Crippen molar-refractivity contribution < 1.29 is 9.53 Å². The third kappa shape index (κ3) is 4.28. The first kappa shape index (κ1) is 14.4. The molecule has 0 spiro atoms. The van der Waals surface area contributed by atoms with Crippen LogP contribution in [0, 0.1) is 0 Å². The lowest BCUT2D eigenvalue weighted by atomic mass is 10.1. The molecule has 2 aromatic carbocycles. The maximum Gasteiger partial charge on any atom is 0.224 e. The van der Waals surface area contributed by atoms with E-state index in [0.29, 0.717) is 18.0 Å². The molecule has 0 aliphatic carbocycles. The van der Waals surface area contributed by atoms with Crippen LogP contribution in [0.2, 0.25) is 5.02 Å².